The van der Waals surface area contributed by atoms with Crippen molar-refractivity contribution in [2.75, 3.05) is 6.26 Å². The minimum Gasteiger partial charge on any atom is -0.480 e. The van der Waals surface area contributed by atoms with Crippen LogP contribution in [-0.4, -0.2) is 53.3 Å². The minimum absolute atomic E-state index is 0.0180. The van der Waals surface area contributed by atoms with Gasteiger partial charge in [0.15, 0.2) is 21.2 Å². The maximum Gasteiger partial charge on any atom is 0.331 e. The Morgan fingerprint density at radius 2 is 1.68 bits per heavy atom. The Kier molecular flexibility index (Phi) is 7.23. The van der Waals surface area contributed by atoms with E-state index in [9.17, 15) is 27.9 Å². The highest BCUT2D eigenvalue weighted by Crippen LogP contribution is 2.28. The SMILES string of the molecule is CS(=O)(=O)C(CC(N)(C(=O)O)C(=O)c1ccccc1-c1ccccc1)NC(=O)c1cccnc1. The number of aromatic nitrogens is 1. The van der Waals surface area contributed by atoms with Gasteiger partial charge in [-0.2, -0.15) is 0 Å². The number of benzene rings is 2. The van der Waals surface area contributed by atoms with E-state index >= 15 is 0 Å². The number of carboxylic acids is 1. The van der Waals surface area contributed by atoms with E-state index in [0.29, 0.717) is 11.1 Å². The van der Waals surface area contributed by atoms with Crippen LogP contribution in [-0.2, 0) is 14.6 Å². The smallest absolute Gasteiger partial charge is 0.331 e. The number of amides is 1. The van der Waals surface area contributed by atoms with E-state index < -0.39 is 44.8 Å². The molecule has 3 rings (SSSR count). The van der Waals surface area contributed by atoms with Crippen molar-refractivity contribution in [3.8, 4) is 11.1 Å². The predicted octanol–water partition coefficient (Wildman–Crippen LogP) is 1.90. The Hall–Kier alpha value is -3.89. The van der Waals surface area contributed by atoms with Crippen molar-refractivity contribution in [3.63, 3.8) is 0 Å². The van der Waals surface area contributed by atoms with Crippen LogP contribution in [0.15, 0.2) is 79.1 Å². The summed E-state index contributed by atoms with van der Waals surface area (Å²) in [6.07, 6.45) is 2.60. The van der Waals surface area contributed by atoms with Gasteiger partial charge in [-0.3, -0.25) is 14.6 Å². The molecule has 0 fully saturated rings. The molecule has 0 bridgehead atoms. The Morgan fingerprint density at radius 1 is 1.03 bits per heavy atom. The van der Waals surface area contributed by atoms with Crippen LogP contribution in [0, 0.1) is 0 Å². The van der Waals surface area contributed by atoms with Crippen molar-refractivity contribution >= 4 is 27.5 Å². The molecule has 1 aromatic heterocycles. The number of nitrogens with two attached hydrogens (primary N) is 1. The lowest BCUT2D eigenvalue weighted by atomic mass is 9.84. The van der Waals surface area contributed by atoms with Gasteiger partial charge in [-0.05, 0) is 23.3 Å². The van der Waals surface area contributed by atoms with E-state index in [1.54, 1.807) is 48.5 Å². The van der Waals surface area contributed by atoms with Crippen molar-refractivity contribution in [2.45, 2.75) is 17.3 Å². The number of nitrogens with one attached hydrogen (secondary N) is 1. The van der Waals surface area contributed by atoms with Crippen LogP contribution >= 0.6 is 0 Å². The molecule has 1 heterocycles. The van der Waals surface area contributed by atoms with E-state index in [4.69, 9.17) is 5.73 Å². The maximum absolute atomic E-state index is 13.5. The van der Waals surface area contributed by atoms with Gasteiger partial charge in [0, 0.05) is 30.6 Å². The molecule has 2 atom stereocenters. The Bertz CT molecular complexity index is 1310. The number of sulfone groups is 1. The van der Waals surface area contributed by atoms with Crippen molar-refractivity contribution in [1.29, 1.82) is 0 Å². The van der Waals surface area contributed by atoms with E-state index in [0.717, 1.165) is 6.26 Å². The summed E-state index contributed by atoms with van der Waals surface area (Å²) in [6, 6.07) is 18.0. The third-order valence-electron chi connectivity index (χ3n) is 5.28. The second kappa shape index (κ2) is 9.94. The number of pyridine rings is 1. The highest BCUT2D eigenvalue weighted by atomic mass is 32.2. The maximum atomic E-state index is 13.5. The van der Waals surface area contributed by atoms with E-state index in [-0.39, 0.29) is 11.1 Å². The Labute approximate surface area is 196 Å². The van der Waals surface area contributed by atoms with Crippen LogP contribution < -0.4 is 11.1 Å². The lowest BCUT2D eigenvalue weighted by molar-refractivity contribution is -0.141. The molecule has 0 saturated heterocycles. The number of carbonyl (C=O) groups is 3. The molecular weight excluding hydrogens is 458 g/mol. The molecular formula is C24H23N3O6S. The van der Waals surface area contributed by atoms with E-state index in [1.165, 1.54) is 30.6 Å². The fourth-order valence-electron chi connectivity index (χ4n) is 3.40. The molecule has 34 heavy (non-hydrogen) atoms. The molecule has 9 nitrogen and oxygen atoms in total. The molecule has 0 aliphatic heterocycles. The molecule has 0 radical (unpaired) electrons. The number of hydrogen-bond donors (Lipinski definition) is 3. The van der Waals surface area contributed by atoms with Crippen LogP contribution in [0.1, 0.15) is 27.1 Å². The molecule has 0 spiro atoms. The third-order valence-corrected chi connectivity index (χ3v) is 6.60. The average Bonchev–Trinajstić information content (AvgIpc) is 2.83. The summed E-state index contributed by atoms with van der Waals surface area (Å²) in [7, 11) is -4.06. The second-order valence-electron chi connectivity index (χ2n) is 7.75. The quantitative estimate of drug-likeness (QED) is 0.309. The van der Waals surface area contributed by atoms with E-state index in [1.807, 2.05) is 0 Å². The van der Waals surface area contributed by atoms with Gasteiger partial charge in [0.05, 0.1) is 5.56 Å². The van der Waals surface area contributed by atoms with Gasteiger partial charge in [-0.1, -0.05) is 54.6 Å². The lowest BCUT2D eigenvalue weighted by Crippen LogP contribution is -2.59. The fourth-order valence-corrected chi connectivity index (χ4v) is 4.28. The van der Waals surface area contributed by atoms with Crippen LogP contribution in [0.4, 0.5) is 0 Å². The fraction of sp³-hybridized carbons (Fsp3) is 0.167. The number of aliphatic carboxylic acids is 1. The van der Waals surface area contributed by atoms with Crippen LogP contribution in [0.2, 0.25) is 0 Å². The number of Topliss-reactive ketones (excluding diaryl/α,β-unsaturated/α-hetero) is 1. The Morgan fingerprint density at radius 3 is 2.26 bits per heavy atom. The highest BCUT2D eigenvalue weighted by molar-refractivity contribution is 7.91. The molecule has 0 aliphatic rings. The first-order chi connectivity index (χ1) is 16.0. The first kappa shape index (κ1) is 24.7. The first-order valence-electron chi connectivity index (χ1n) is 10.2. The minimum atomic E-state index is -4.06. The summed E-state index contributed by atoms with van der Waals surface area (Å²) in [4.78, 5) is 42.1. The summed E-state index contributed by atoms with van der Waals surface area (Å²) in [5, 5.41) is 10.5. The number of hydrogen-bond acceptors (Lipinski definition) is 7. The first-order valence-corrected chi connectivity index (χ1v) is 12.1. The van der Waals surface area contributed by atoms with Crippen LogP contribution in [0.3, 0.4) is 0 Å². The largest absolute Gasteiger partial charge is 0.480 e. The summed E-state index contributed by atoms with van der Waals surface area (Å²) in [5.41, 5.74) is 4.64. The number of carboxylic acid groups (broad SMARTS) is 1. The monoisotopic (exact) mass is 481 g/mol. The zero-order chi connectivity index (χ0) is 24.9. The number of nitrogens with zero attached hydrogens (tertiary/aromatic N) is 1. The van der Waals surface area contributed by atoms with Gasteiger partial charge < -0.3 is 16.2 Å². The summed E-state index contributed by atoms with van der Waals surface area (Å²) < 4.78 is 24.9. The van der Waals surface area contributed by atoms with Gasteiger partial charge in [-0.15, -0.1) is 0 Å². The molecule has 1 amide bonds. The normalized spacial score (nSPS) is 13.9. The van der Waals surface area contributed by atoms with Crippen molar-refractivity contribution in [1.82, 2.24) is 10.3 Å². The topological polar surface area (TPSA) is 157 Å². The number of ketones is 1. The zero-order valence-electron chi connectivity index (χ0n) is 18.2. The third kappa shape index (κ3) is 5.36. The summed E-state index contributed by atoms with van der Waals surface area (Å²) in [6.45, 7) is 0. The molecule has 10 heteroatoms. The summed E-state index contributed by atoms with van der Waals surface area (Å²) in [5.74, 6) is -3.50. The lowest BCUT2D eigenvalue weighted by Gasteiger charge is -2.28. The molecule has 2 unspecified atom stereocenters. The van der Waals surface area contributed by atoms with Crippen molar-refractivity contribution < 1.29 is 27.9 Å². The second-order valence-corrected chi connectivity index (χ2v) is 9.98. The van der Waals surface area contributed by atoms with Crippen LogP contribution in [0.25, 0.3) is 11.1 Å². The number of carbonyl (C=O) groups excluding carboxylic acids is 2. The molecule has 2 aromatic carbocycles. The molecule has 4 N–H and O–H groups in total. The van der Waals surface area contributed by atoms with Crippen molar-refractivity contribution in [2.24, 2.45) is 5.73 Å². The number of rotatable bonds is 9. The van der Waals surface area contributed by atoms with Gasteiger partial charge >= 0.3 is 5.97 Å². The molecule has 3 aromatic rings. The standard InChI is InChI=1S/C24H23N3O6S/c1-34(32,33)20(27-22(29)17-10-7-13-26-15-17)14-24(25,23(30)31)21(28)19-12-6-5-11-18(19)16-8-3-2-4-9-16/h2-13,15,20H,14,25H2,1H3,(H,27,29)(H,30,31). The molecule has 176 valence electrons. The molecule has 0 aliphatic carbocycles. The van der Waals surface area contributed by atoms with Gasteiger partial charge in [0.1, 0.15) is 5.37 Å². The summed E-state index contributed by atoms with van der Waals surface area (Å²) >= 11 is 0. The van der Waals surface area contributed by atoms with Crippen LogP contribution in [0.5, 0.6) is 0 Å². The van der Waals surface area contributed by atoms with Crippen molar-refractivity contribution in [3.05, 3.63) is 90.3 Å². The predicted molar refractivity (Wildman–Crippen MR) is 126 cm³/mol. The highest BCUT2D eigenvalue weighted by Gasteiger charge is 2.47. The van der Waals surface area contributed by atoms with Gasteiger partial charge in [-0.25, -0.2) is 13.2 Å². The van der Waals surface area contributed by atoms with Gasteiger partial charge in [0.2, 0.25) is 0 Å². The Balaban J connectivity index is 2.00. The van der Waals surface area contributed by atoms with Gasteiger partial charge in [0.25, 0.3) is 5.91 Å². The van der Waals surface area contributed by atoms with E-state index in [2.05, 4.69) is 10.3 Å². The zero-order valence-corrected chi connectivity index (χ0v) is 19.0. The molecule has 0 saturated carbocycles. The average molecular weight is 482 g/mol.